The third-order valence-electron chi connectivity index (χ3n) is 2.91. The van der Waals surface area contributed by atoms with E-state index in [9.17, 15) is 23.8 Å². The number of halogens is 2. The summed E-state index contributed by atoms with van der Waals surface area (Å²) in [5.74, 6) is -0.151. The number of alkyl halides is 2. The van der Waals surface area contributed by atoms with E-state index in [4.69, 9.17) is 0 Å². The molecule has 0 aliphatic heterocycles. The van der Waals surface area contributed by atoms with Gasteiger partial charge < -0.3 is 14.9 Å². The van der Waals surface area contributed by atoms with E-state index in [2.05, 4.69) is 4.74 Å². The number of hydrogen-bond acceptors (Lipinski definition) is 3. The Morgan fingerprint density at radius 2 is 1.90 bits per heavy atom. The van der Waals surface area contributed by atoms with Crippen molar-refractivity contribution in [2.75, 3.05) is 6.61 Å². The lowest BCUT2D eigenvalue weighted by Gasteiger charge is -2.39. The van der Waals surface area contributed by atoms with E-state index >= 15 is 0 Å². The molecule has 0 radical (unpaired) electrons. The summed E-state index contributed by atoms with van der Waals surface area (Å²) in [6.07, 6.45) is -1.26. The first-order valence-electron chi connectivity index (χ1n) is 6.35. The first-order chi connectivity index (χ1) is 9.68. The molecule has 7 heteroatoms. The molecule has 0 spiro atoms. The number of nitrogens with zero attached hydrogens (tertiary/aromatic N) is 1. The van der Waals surface area contributed by atoms with E-state index in [1.165, 1.54) is 18.2 Å². The van der Waals surface area contributed by atoms with Gasteiger partial charge in [-0.3, -0.25) is 4.90 Å². The van der Waals surface area contributed by atoms with E-state index in [1.807, 2.05) is 0 Å². The largest absolute Gasteiger partial charge is 0.465 e. The van der Waals surface area contributed by atoms with Gasteiger partial charge in [-0.05, 0) is 26.8 Å². The summed E-state index contributed by atoms with van der Waals surface area (Å²) in [6, 6.07) is 4.83. The predicted octanol–water partition coefficient (Wildman–Crippen LogP) is 3.10. The Balaban J connectivity index is 3.29. The van der Waals surface area contributed by atoms with Gasteiger partial charge in [0.25, 0.3) is 0 Å². The summed E-state index contributed by atoms with van der Waals surface area (Å²) in [7, 11) is 0. The quantitative estimate of drug-likeness (QED) is 0.877. The van der Waals surface area contributed by atoms with Gasteiger partial charge in [-0.1, -0.05) is 18.2 Å². The number of para-hydroxylation sites is 1. The lowest BCUT2D eigenvalue weighted by atomic mass is 9.98. The van der Waals surface area contributed by atoms with E-state index in [1.54, 1.807) is 26.8 Å². The van der Waals surface area contributed by atoms with Gasteiger partial charge in [0.05, 0.1) is 12.6 Å². The molecule has 21 heavy (non-hydrogen) atoms. The monoisotopic (exact) mass is 303 g/mol. The summed E-state index contributed by atoms with van der Waals surface area (Å²) >= 11 is 0. The van der Waals surface area contributed by atoms with Gasteiger partial charge in [0.1, 0.15) is 5.75 Å². The molecule has 0 bridgehead atoms. The Morgan fingerprint density at radius 1 is 1.33 bits per heavy atom. The highest BCUT2D eigenvalue weighted by Crippen LogP contribution is 2.34. The molecule has 0 saturated carbocycles. The van der Waals surface area contributed by atoms with Crippen molar-refractivity contribution in [2.45, 2.75) is 39.0 Å². The second-order valence-corrected chi connectivity index (χ2v) is 5.44. The van der Waals surface area contributed by atoms with E-state index in [0.717, 1.165) is 4.90 Å². The van der Waals surface area contributed by atoms with Crippen molar-refractivity contribution in [1.29, 1.82) is 0 Å². The number of rotatable bonds is 5. The van der Waals surface area contributed by atoms with Crippen LogP contribution in [0.4, 0.5) is 13.6 Å². The van der Waals surface area contributed by atoms with Crippen LogP contribution in [0.3, 0.4) is 0 Å². The van der Waals surface area contributed by atoms with Gasteiger partial charge in [-0.2, -0.15) is 8.78 Å². The van der Waals surface area contributed by atoms with Gasteiger partial charge >= 0.3 is 12.7 Å². The van der Waals surface area contributed by atoms with Crippen molar-refractivity contribution in [3.8, 4) is 5.75 Å². The molecule has 1 rings (SSSR count). The van der Waals surface area contributed by atoms with Gasteiger partial charge in [-0.15, -0.1) is 0 Å². The van der Waals surface area contributed by atoms with Crippen LogP contribution < -0.4 is 4.74 Å². The van der Waals surface area contributed by atoms with Crippen molar-refractivity contribution < 1.29 is 28.5 Å². The molecule has 1 aromatic rings. The Morgan fingerprint density at radius 3 is 2.33 bits per heavy atom. The SMILES string of the molecule is CC(C)(C)N(C(=O)O)C(CO)c1ccccc1OC(F)F. The molecule has 5 nitrogen and oxygen atoms in total. The third kappa shape index (κ3) is 4.29. The first-order valence-corrected chi connectivity index (χ1v) is 6.35. The summed E-state index contributed by atoms with van der Waals surface area (Å²) in [6.45, 7) is 1.38. The molecule has 1 aromatic carbocycles. The number of hydrogen-bond donors (Lipinski definition) is 2. The number of amides is 1. The number of benzene rings is 1. The molecule has 1 atom stereocenters. The second kappa shape index (κ2) is 6.71. The van der Waals surface area contributed by atoms with Crippen molar-refractivity contribution in [2.24, 2.45) is 0 Å². The van der Waals surface area contributed by atoms with Gasteiger partial charge in [0.2, 0.25) is 0 Å². The maximum atomic E-state index is 12.4. The van der Waals surface area contributed by atoms with E-state index in [-0.39, 0.29) is 11.3 Å². The molecule has 0 fully saturated rings. The average Bonchev–Trinajstić information content (AvgIpc) is 2.34. The lowest BCUT2D eigenvalue weighted by molar-refractivity contribution is -0.0518. The number of ether oxygens (including phenoxy) is 1. The van der Waals surface area contributed by atoms with Gasteiger partial charge in [0, 0.05) is 11.1 Å². The molecule has 118 valence electrons. The second-order valence-electron chi connectivity index (χ2n) is 5.44. The van der Waals surface area contributed by atoms with Crippen molar-refractivity contribution >= 4 is 6.09 Å². The fraction of sp³-hybridized carbons (Fsp3) is 0.500. The highest BCUT2D eigenvalue weighted by Gasteiger charge is 2.35. The van der Waals surface area contributed by atoms with Crippen molar-refractivity contribution in [1.82, 2.24) is 4.90 Å². The Hall–Kier alpha value is -1.89. The van der Waals surface area contributed by atoms with Crippen LogP contribution in [0.15, 0.2) is 24.3 Å². The summed E-state index contributed by atoms with van der Waals surface area (Å²) in [5, 5.41) is 18.9. The van der Waals surface area contributed by atoms with Crippen LogP contribution in [0, 0.1) is 0 Å². The molecular formula is C14H19F2NO4. The van der Waals surface area contributed by atoms with Crippen LogP contribution in [-0.2, 0) is 0 Å². The summed E-state index contributed by atoms with van der Waals surface area (Å²) in [4.78, 5) is 12.5. The van der Waals surface area contributed by atoms with Crippen LogP contribution in [0.1, 0.15) is 32.4 Å². The highest BCUT2D eigenvalue weighted by molar-refractivity contribution is 5.67. The third-order valence-corrected chi connectivity index (χ3v) is 2.91. The van der Waals surface area contributed by atoms with E-state index in [0.29, 0.717) is 0 Å². The Kier molecular flexibility index (Phi) is 5.48. The predicted molar refractivity (Wildman–Crippen MR) is 72.5 cm³/mol. The number of carboxylic acid groups (broad SMARTS) is 1. The fourth-order valence-corrected chi connectivity index (χ4v) is 2.17. The molecule has 0 saturated heterocycles. The zero-order valence-electron chi connectivity index (χ0n) is 12.1. The standard InChI is InChI=1S/C14H19F2NO4/c1-14(2,3)17(13(19)20)10(8-18)9-6-4-5-7-11(9)21-12(15)16/h4-7,10,12,18H,8H2,1-3H3,(H,19,20). The topological polar surface area (TPSA) is 70.0 Å². The first kappa shape index (κ1) is 17.2. The van der Waals surface area contributed by atoms with Crippen molar-refractivity contribution in [3.63, 3.8) is 0 Å². The molecule has 2 N–H and O–H groups in total. The minimum Gasteiger partial charge on any atom is -0.465 e. The molecular weight excluding hydrogens is 284 g/mol. The molecule has 1 amide bonds. The van der Waals surface area contributed by atoms with Crippen LogP contribution in [-0.4, -0.2) is 40.0 Å². The van der Waals surface area contributed by atoms with Crippen LogP contribution in [0.25, 0.3) is 0 Å². The maximum absolute atomic E-state index is 12.4. The lowest BCUT2D eigenvalue weighted by Crippen LogP contribution is -2.48. The normalized spacial score (nSPS) is 13.1. The minimum absolute atomic E-state index is 0.151. The van der Waals surface area contributed by atoms with E-state index < -0.39 is 30.9 Å². The smallest absolute Gasteiger partial charge is 0.408 e. The minimum atomic E-state index is -3.03. The molecule has 0 aliphatic rings. The molecule has 0 aliphatic carbocycles. The average molecular weight is 303 g/mol. The number of carbonyl (C=O) groups is 1. The van der Waals surface area contributed by atoms with Gasteiger partial charge in [-0.25, -0.2) is 4.79 Å². The zero-order chi connectivity index (χ0) is 16.2. The zero-order valence-corrected chi connectivity index (χ0v) is 12.1. The summed E-state index contributed by atoms with van der Waals surface area (Å²) < 4.78 is 29.3. The van der Waals surface area contributed by atoms with Gasteiger partial charge in [0.15, 0.2) is 0 Å². The summed E-state index contributed by atoms with van der Waals surface area (Å²) in [5.41, 5.74) is -0.630. The van der Waals surface area contributed by atoms with Crippen LogP contribution in [0.5, 0.6) is 5.75 Å². The molecule has 0 aromatic heterocycles. The fourth-order valence-electron chi connectivity index (χ4n) is 2.17. The molecule has 0 heterocycles. The van der Waals surface area contributed by atoms with Crippen LogP contribution in [0.2, 0.25) is 0 Å². The maximum Gasteiger partial charge on any atom is 0.408 e. The number of aliphatic hydroxyl groups excluding tert-OH is 1. The van der Waals surface area contributed by atoms with Crippen LogP contribution >= 0.6 is 0 Å². The Labute approximate surface area is 121 Å². The number of aliphatic hydroxyl groups is 1. The highest BCUT2D eigenvalue weighted by atomic mass is 19.3. The van der Waals surface area contributed by atoms with Crippen molar-refractivity contribution in [3.05, 3.63) is 29.8 Å². The Bertz CT molecular complexity index is 488. The molecule has 1 unspecified atom stereocenters.